The van der Waals surface area contributed by atoms with Gasteiger partial charge in [-0.25, -0.2) is 4.79 Å². The maximum absolute atomic E-state index is 12.2. The van der Waals surface area contributed by atoms with Crippen molar-refractivity contribution in [3.63, 3.8) is 0 Å². The molecule has 3 rings (SSSR count). The third-order valence-electron chi connectivity index (χ3n) is 4.14. The summed E-state index contributed by atoms with van der Waals surface area (Å²) in [7, 11) is 0. The molecule has 0 spiro atoms. The predicted molar refractivity (Wildman–Crippen MR) is 96.9 cm³/mol. The summed E-state index contributed by atoms with van der Waals surface area (Å²) in [5.74, 6) is -1.90. The van der Waals surface area contributed by atoms with Gasteiger partial charge in [-0.05, 0) is 87.9 Å². The molecule has 7 heteroatoms. The summed E-state index contributed by atoms with van der Waals surface area (Å²) in [6.45, 7) is 1.58. The van der Waals surface area contributed by atoms with Crippen LogP contribution in [0.4, 0.5) is 0 Å². The van der Waals surface area contributed by atoms with Crippen LogP contribution in [0.1, 0.15) is 18.9 Å². The lowest BCUT2D eigenvalue weighted by atomic mass is 9.82. The summed E-state index contributed by atoms with van der Waals surface area (Å²) in [5.41, 5.74) is 1.57. The van der Waals surface area contributed by atoms with E-state index in [2.05, 4.69) is 45.2 Å². The highest BCUT2D eigenvalue weighted by Crippen LogP contribution is 2.47. The monoisotopic (exact) mass is 525 g/mol. The first-order valence-electron chi connectivity index (χ1n) is 6.75. The molecule has 1 aromatic carbocycles. The minimum absolute atomic E-state index is 0.0599. The first-order valence-corrected chi connectivity index (χ1v) is 8.91. The molecule has 22 heavy (non-hydrogen) atoms. The molecule has 2 aliphatic heterocycles. The summed E-state index contributed by atoms with van der Waals surface area (Å²) < 4.78 is 2.04. The quantitative estimate of drug-likeness (QED) is 0.470. The topological polar surface area (TPSA) is 77.8 Å². The maximum Gasteiger partial charge on any atom is 0.352 e. The van der Waals surface area contributed by atoms with Crippen molar-refractivity contribution >= 4 is 62.6 Å². The highest BCUT2D eigenvalue weighted by atomic mass is 127. The number of fused-ring (bicyclic) bond motifs is 1. The number of amides is 1. The largest absolute Gasteiger partial charge is 0.477 e. The molecule has 1 saturated heterocycles. The zero-order valence-corrected chi connectivity index (χ0v) is 15.9. The molecule has 1 amide bonds. The van der Waals surface area contributed by atoms with Crippen molar-refractivity contribution in [2.75, 3.05) is 0 Å². The second-order valence-electron chi connectivity index (χ2n) is 5.54. The molecule has 0 saturated carbocycles. The molecule has 5 nitrogen and oxygen atoms in total. The Morgan fingerprint density at radius 2 is 1.91 bits per heavy atom. The number of rotatable bonds is 3. The summed E-state index contributed by atoms with van der Waals surface area (Å²) in [6, 6.07) is 5.60. The van der Waals surface area contributed by atoms with Gasteiger partial charge in [0.1, 0.15) is 5.70 Å². The van der Waals surface area contributed by atoms with Crippen molar-refractivity contribution < 1.29 is 19.8 Å². The van der Waals surface area contributed by atoms with Crippen LogP contribution in [0.15, 0.2) is 23.9 Å². The molecule has 0 radical (unpaired) electrons. The number of carboxylic acids is 1. The molecule has 1 aromatic rings. The third-order valence-corrected chi connectivity index (χ3v) is 5.39. The van der Waals surface area contributed by atoms with E-state index < -0.39 is 18.0 Å². The van der Waals surface area contributed by atoms with Gasteiger partial charge in [-0.3, -0.25) is 4.79 Å². The average Bonchev–Trinajstić information content (AvgIpc) is 2.72. The molecular weight excluding hydrogens is 512 g/mol. The van der Waals surface area contributed by atoms with Gasteiger partial charge in [0.05, 0.1) is 18.1 Å². The fourth-order valence-electron chi connectivity index (χ4n) is 3.26. The van der Waals surface area contributed by atoms with Crippen molar-refractivity contribution in [2.45, 2.75) is 25.5 Å². The Labute approximate surface area is 154 Å². The number of hydrogen-bond acceptors (Lipinski definition) is 3. The maximum atomic E-state index is 12.2. The number of carbonyl (C=O) groups excluding carboxylic acids is 1. The Hall–Kier alpha value is -0.680. The van der Waals surface area contributed by atoms with Gasteiger partial charge in [-0.2, -0.15) is 0 Å². The minimum atomic E-state index is -1.09. The van der Waals surface area contributed by atoms with Crippen LogP contribution in [0.2, 0.25) is 0 Å². The van der Waals surface area contributed by atoms with Crippen molar-refractivity contribution in [1.82, 2.24) is 4.90 Å². The summed E-state index contributed by atoms with van der Waals surface area (Å²) >= 11 is 4.38. The van der Waals surface area contributed by atoms with Crippen LogP contribution >= 0.6 is 45.2 Å². The van der Waals surface area contributed by atoms with Crippen LogP contribution in [-0.4, -0.2) is 39.1 Å². The van der Waals surface area contributed by atoms with Crippen LogP contribution in [-0.2, 0) is 9.59 Å². The van der Waals surface area contributed by atoms with Crippen molar-refractivity contribution in [3.05, 3.63) is 36.6 Å². The van der Waals surface area contributed by atoms with Crippen LogP contribution in [0.5, 0.6) is 0 Å². The van der Waals surface area contributed by atoms with Crippen LogP contribution in [0.3, 0.4) is 0 Å². The summed E-state index contributed by atoms with van der Waals surface area (Å²) in [4.78, 5) is 25.2. The lowest BCUT2D eigenvalue weighted by molar-refractivity contribution is -0.161. The number of aliphatic hydroxyl groups excluding tert-OH is 1. The Bertz CT molecular complexity index is 693. The van der Waals surface area contributed by atoms with Crippen molar-refractivity contribution in [2.24, 2.45) is 5.92 Å². The highest BCUT2D eigenvalue weighted by Gasteiger charge is 2.56. The molecule has 3 atom stereocenters. The van der Waals surface area contributed by atoms with E-state index in [0.29, 0.717) is 12.0 Å². The number of carboxylic acid groups (broad SMARTS) is 1. The molecule has 0 unspecified atom stereocenters. The molecule has 2 heterocycles. The van der Waals surface area contributed by atoms with Gasteiger partial charge in [0.25, 0.3) is 0 Å². The van der Waals surface area contributed by atoms with E-state index in [-0.39, 0.29) is 17.6 Å². The number of benzene rings is 1. The fourth-order valence-corrected chi connectivity index (χ4v) is 5.19. The van der Waals surface area contributed by atoms with Gasteiger partial charge < -0.3 is 15.1 Å². The van der Waals surface area contributed by atoms with Gasteiger partial charge in [0.15, 0.2) is 0 Å². The predicted octanol–water partition coefficient (Wildman–Crippen LogP) is 2.30. The van der Waals surface area contributed by atoms with Gasteiger partial charge in [-0.15, -0.1) is 0 Å². The number of aliphatic hydroxyl groups is 1. The van der Waals surface area contributed by atoms with Gasteiger partial charge >= 0.3 is 5.97 Å². The fraction of sp³-hybridized carbons (Fsp3) is 0.333. The zero-order valence-electron chi connectivity index (χ0n) is 11.6. The number of aliphatic carboxylic acids is 1. The second kappa shape index (κ2) is 5.75. The van der Waals surface area contributed by atoms with Crippen molar-refractivity contribution in [3.8, 4) is 0 Å². The van der Waals surface area contributed by atoms with E-state index in [4.69, 9.17) is 0 Å². The minimum Gasteiger partial charge on any atom is -0.477 e. The van der Waals surface area contributed by atoms with Crippen LogP contribution in [0, 0.1) is 13.1 Å². The summed E-state index contributed by atoms with van der Waals surface area (Å²) in [6.07, 6.45) is -0.293. The second-order valence-corrected chi connectivity index (χ2v) is 8.03. The highest BCUT2D eigenvalue weighted by molar-refractivity contribution is 14.1. The van der Waals surface area contributed by atoms with Crippen LogP contribution in [0.25, 0.3) is 5.57 Å². The Kier molecular flexibility index (Phi) is 4.23. The molecule has 2 N–H and O–H groups in total. The third kappa shape index (κ3) is 2.46. The lowest BCUT2D eigenvalue weighted by Gasteiger charge is -2.44. The molecule has 2 aliphatic rings. The molecule has 0 bridgehead atoms. The molecule has 116 valence electrons. The molecular formula is C15H13I2NO4. The van der Waals surface area contributed by atoms with E-state index in [1.54, 1.807) is 6.92 Å². The van der Waals surface area contributed by atoms with E-state index >= 15 is 0 Å². The van der Waals surface area contributed by atoms with Crippen LogP contribution < -0.4 is 0 Å². The first kappa shape index (κ1) is 16.2. The van der Waals surface area contributed by atoms with Crippen molar-refractivity contribution in [1.29, 1.82) is 0 Å². The number of nitrogens with zero attached hydrogens (tertiary/aromatic N) is 1. The molecule has 0 aliphatic carbocycles. The van der Waals surface area contributed by atoms with E-state index in [0.717, 1.165) is 12.7 Å². The van der Waals surface area contributed by atoms with Gasteiger partial charge in [-0.1, -0.05) is 0 Å². The smallest absolute Gasteiger partial charge is 0.352 e. The van der Waals surface area contributed by atoms with E-state index in [9.17, 15) is 19.8 Å². The Balaban J connectivity index is 2.07. The molecule has 1 fully saturated rings. The van der Waals surface area contributed by atoms with E-state index in [1.807, 2.05) is 18.2 Å². The standard InChI is InChI=1S/C15H13I2NO4/c1-6(19)12-11-5-10(7-2-8(16)4-9(17)3-7)13(15(21)22)18(11)14(12)20/h2-4,6,11-12,19H,5H2,1H3,(H,21,22)/t6-,11-,12-/m1/s1. The lowest BCUT2D eigenvalue weighted by Crippen LogP contribution is -2.61. The summed E-state index contributed by atoms with van der Waals surface area (Å²) in [5, 5.41) is 19.3. The van der Waals surface area contributed by atoms with Gasteiger partial charge in [0, 0.05) is 7.14 Å². The number of hydrogen-bond donors (Lipinski definition) is 2. The van der Waals surface area contributed by atoms with Gasteiger partial charge in [0.2, 0.25) is 5.91 Å². The Morgan fingerprint density at radius 3 is 2.41 bits per heavy atom. The number of halogens is 2. The SMILES string of the molecule is C[C@@H](O)[C@H]1C(=O)N2C(C(=O)O)=C(c3cc(I)cc(I)c3)C[C@H]12. The zero-order chi connectivity index (χ0) is 16.2. The normalized spacial score (nSPS) is 25.1. The number of β-lactam (4-membered cyclic amide) rings is 1. The number of carbonyl (C=O) groups is 2. The first-order chi connectivity index (χ1) is 10.3. The van der Waals surface area contributed by atoms with E-state index in [1.165, 1.54) is 4.90 Å². The Morgan fingerprint density at radius 1 is 1.32 bits per heavy atom. The molecule has 0 aromatic heterocycles. The average molecular weight is 525 g/mol.